The van der Waals surface area contributed by atoms with Crippen molar-refractivity contribution in [2.24, 2.45) is 5.92 Å². The summed E-state index contributed by atoms with van der Waals surface area (Å²) < 4.78 is 38.4. The molecule has 38 heavy (non-hydrogen) atoms. The number of aliphatic carboxylic acids is 1. The molecule has 200 valence electrons. The summed E-state index contributed by atoms with van der Waals surface area (Å²) in [7, 11) is 0. The molecule has 4 N–H and O–H groups in total. The number of rotatable bonds is 8. The van der Waals surface area contributed by atoms with Gasteiger partial charge in [0.05, 0.1) is 17.0 Å². The number of aromatic nitrogens is 2. The Morgan fingerprint density at radius 2 is 1.45 bits per heavy atom. The molecule has 0 fully saturated rings. The number of amides is 2. The molecule has 1 unspecified atom stereocenters. The van der Waals surface area contributed by atoms with E-state index in [1.807, 2.05) is 0 Å². The zero-order chi connectivity index (χ0) is 28.3. The molecule has 3 rings (SSSR count). The molecule has 0 aliphatic rings. The molecule has 9 nitrogen and oxygen atoms in total. The molecule has 1 heterocycles. The van der Waals surface area contributed by atoms with Gasteiger partial charge in [0.1, 0.15) is 5.56 Å². The Morgan fingerprint density at radius 3 is 1.92 bits per heavy atom. The normalized spacial score (nSPS) is 12.5. The van der Waals surface area contributed by atoms with Crippen molar-refractivity contribution in [3.05, 3.63) is 77.2 Å². The van der Waals surface area contributed by atoms with Gasteiger partial charge in [-0.1, -0.05) is 43.3 Å². The van der Waals surface area contributed by atoms with Crippen LogP contribution in [-0.4, -0.2) is 44.5 Å². The van der Waals surface area contributed by atoms with Gasteiger partial charge < -0.3 is 20.8 Å². The molecule has 2 amide bonds. The zero-order valence-corrected chi connectivity index (χ0v) is 20.6. The Balaban J connectivity index is 1.69. The number of nitrogens with zero attached hydrogens (tertiary/aromatic N) is 2. The lowest BCUT2D eigenvalue weighted by atomic mass is 9.92. The van der Waals surface area contributed by atoms with Gasteiger partial charge in [-0.2, -0.15) is 18.2 Å². The van der Waals surface area contributed by atoms with Gasteiger partial charge in [0.2, 0.25) is 11.7 Å². The zero-order valence-electron chi connectivity index (χ0n) is 20.6. The average molecular weight is 531 g/mol. The minimum atomic E-state index is -4.42. The smallest absolute Gasteiger partial charge is 0.416 e. The highest BCUT2D eigenvalue weighted by Crippen LogP contribution is 2.31. The van der Waals surface area contributed by atoms with Crippen molar-refractivity contribution in [1.82, 2.24) is 20.6 Å². The summed E-state index contributed by atoms with van der Waals surface area (Å²) >= 11 is 0. The maximum atomic E-state index is 12.8. The van der Waals surface area contributed by atoms with Gasteiger partial charge >= 0.3 is 12.1 Å². The van der Waals surface area contributed by atoms with Crippen molar-refractivity contribution in [3.8, 4) is 17.0 Å². The van der Waals surface area contributed by atoms with Crippen molar-refractivity contribution in [1.29, 1.82) is 0 Å². The number of carbonyl (C=O) groups is 3. The summed E-state index contributed by atoms with van der Waals surface area (Å²) in [4.78, 5) is 43.2. The molecule has 1 aromatic heterocycles. The van der Waals surface area contributed by atoms with Gasteiger partial charge in [0.25, 0.3) is 11.8 Å². The summed E-state index contributed by atoms with van der Waals surface area (Å²) in [5.74, 6) is -4.64. The molecule has 0 saturated heterocycles. The lowest BCUT2D eigenvalue weighted by Gasteiger charge is -2.27. The Bertz CT molecular complexity index is 1340. The third-order valence-corrected chi connectivity index (χ3v) is 5.78. The first kappa shape index (κ1) is 28.1. The van der Waals surface area contributed by atoms with Crippen LogP contribution in [0.2, 0.25) is 0 Å². The quantitative estimate of drug-likeness (QED) is 0.345. The summed E-state index contributed by atoms with van der Waals surface area (Å²) in [6.45, 7) is 4.65. The number of halogens is 3. The van der Waals surface area contributed by atoms with E-state index in [0.29, 0.717) is 16.7 Å². The lowest BCUT2D eigenvalue weighted by Crippen LogP contribution is -2.41. The molecule has 0 aliphatic heterocycles. The van der Waals surface area contributed by atoms with E-state index in [9.17, 15) is 32.7 Å². The van der Waals surface area contributed by atoms with Crippen LogP contribution in [0.5, 0.6) is 5.88 Å². The van der Waals surface area contributed by atoms with Crippen LogP contribution in [-0.2, 0) is 16.5 Å². The second kappa shape index (κ2) is 10.9. The Kier molecular flexibility index (Phi) is 8.04. The van der Waals surface area contributed by atoms with Crippen molar-refractivity contribution in [2.45, 2.75) is 32.5 Å². The van der Waals surface area contributed by atoms with E-state index in [0.717, 1.165) is 18.3 Å². The number of hydrogen-bond acceptors (Lipinski definition) is 6. The largest absolute Gasteiger partial charge is 0.493 e. The highest BCUT2D eigenvalue weighted by atomic mass is 19.4. The van der Waals surface area contributed by atoms with E-state index in [4.69, 9.17) is 5.11 Å². The Hall–Kier alpha value is -4.48. The van der Waals surface area contributed by atoms with E-state index >= 15 is 0 Å². The summed E-state index contributed by atoms with van der Waals surface area (Å²) in [5, 5.41) is 24.2. The number of carboxylic acid groups (broad SMARTS) is 1. The van der Waals surface area contributed by atoms with Crippen LogP contribution in [0.25, 0.3) is 11.1 Å². The molecule has 2 aromatic carbocycles. The van der Waals surface area contributed by atoms with E-state index in [1.54, 1.807) is 38.1 Å². The number of alkyl halides is 3. The highest BCUT2D eigenvalue weighted by molar-refractivity contribution is 5.97. The standard InChI is InChI=1S/C26H25F3N4O5/c1-14(24(37)38)12-31-23(36)20-30-13-19(21(34)32-20)22(35)33-25(2,3)17-8-4-15(5-9-17)16-6-10-18(11-7-16)26(27,28)29/h4-11,13-14H,12H2,1-3H3,(H,31,36)(H,33,35)(H,37,38)(H,30,32,34). The molecule has 12 heteroatoms. The van der Waals surface area contributed by atoms with Gasteiger partial charge in [0, 0.05) is 12.7 Å². The van der Waals surface area contributed by atoms with Crippen LogP contribution < -0.4 is 10.6 Å². The molecular formula is C26H25F3N4O5. The summed E-state index contributed by atoms with van der Waals surface area (Å²) in [6.07, 6.45) is -3.44. The summed E-state index contributed by atoms with van der Waals surface area (Å²) in [5.41, 5.74) is -0.0152. The maximum Gasteiger partial charge on any atom is 0.416 e. The van der Waals surface area contributed by atoms with E-state index in [1.165, 1.54) is 19.1 Å². The fraction of sp³-hybridized carbons (Fsp3) is 0.269. The molecule has 1 atom stereocenters. The van der Waals surface area contributed by atoms with Gasteiger partial charge in [-0.3, -0.25) is 14.4 Å². The topological polar surface area (TPSA) is 142 Å². The van der Waals surface area contributed by atoms with Gasteiger partial charge in [0.15, 0.2) is 0 Å². The molecule has 0 saturated carbocycles. The predicted molar refractivity (Wildman–Crippen MR) is 130 cm³/mol. The Morgan fingerprint density at radius 1 is 0.921 bits per heavy atom. The van der Waals surface area contributed by atoms with Gasteiger partial charge in [-0.25, -0.2) is 4.98 Å². The third kappa shape index (κ3) is 6.64. The molecule has 0 spiro atoms. The molecular weight excluding hydrogens is 505 g/mol. The maximum absolute atomic E-state index is 12.8. The van der Waals surface area contributed by atoms with Crippen LogP contribution >= 0.6 is 0 Å². The minimum absolute atomic E-state index is 0.174. The molecule has 3 aromatic rings. The van der Waals surface area contributed by atoms with Crippen LogP contribution in [0, 0.1) is 5.92 Å². The number of carbonyl (C=O) groups excluding carboxylic acids is 2. The van der Waals surface area contributed by atoms with Crippen LogP contribution in [0.3, 0.4) is 0 Å². The number of aromatic hydroxyl groups is 1. The SMILES string of the molecule is CC(CNC(=O)c1ncc(C(=O)NC(C)(C)c2ccc(-c3ccc(C(F)(F)F)cc3)cc2)c(O)n1)C(=O)O. The average Bonchev–Trinajstić information content (AvgIpc) is 2.86. The first-order valence-corrected chi connectivity index (χ1v) is 11.4. The van der Waals surface area contributed by atoms with E-state index in [-0.39, 0.29) is 12.1 Å². The monoisotopic (exact) mass is 530 g/mol. The molecule has 0 bridgehead atoms. The van der Waals surface area contributed by atoms with E-state index < -0.39 is 52.7 Å². The Labute approximate surface area is 215 Å². The van der Waals surface area contributed by atoms with Gasteiger partial charge in [-0.15, -0.1) is 0 Å². The fourth-order valence-electron chi connectivity index (χ4n) is 3.41. The van der Waals surface area contributed by atoms with E-state index in [2.05, 4.69) is 20.6 Å². The number of benzene rings is 2. The van der Waals surface area contributed by atoms with Crippen molar-refractivity contribution in [2.75, 3.05) is 6.54 Å². The number of nitrogens with one attached hydrogen (secondary N) is 2. The molecule has 0 aliphatic carbocycles. The van der Waals surface area contributed by atoms with Crippen molar-refractivity contribution >= 4 is 17.8 Å². The van der Waals surface area contributed by atoms with Gasteiger partial charge in [-0.05, 0) is 42.7 Å². The first-order chi connectivity index (χ1) is 17.7. The van der Waals surface area contributed by atoms with Crippen LogP contribution in [0.1, 0.15) is 52.9 Å². The number of carboxylic acids is 1. The fourth-order valence-corrected chi connectivity index (χ4v) is 3.41. The number of hydrogen-bond donors (Lipinski definition) is 4. The second-order valence-electron chi connectivity index (χ2n) is 9.11. The highest BCUT2D eigenvalue weighted by Gasteiger charge is 2.30. The lowest BCUT2D eigenvalue weighted by molar-refractivity contribution is -0.141. The second-order valence-corrected chi connectivity index (χ2v) is 9.11. The first-order valence-electron chi connectivity index (χ1n) is 11.4. The van der Waals surface area contributed by atoms with Crippen LogP contribution in [0.15, 0.2) is 54.7 Å². The molecule has 0 radical (unpaired) electrons. The predicted octanol–water partition coefficient (Wildman–Crippen LogP) is 3.98. The summed E-state index contributed by atoms with van der Waals surface area (Å²) in [6, 6.07) is 11.6. The third-order valence-electron chi connectivity index (χ3n) is 5.78. The van der Waals surface area contributed by atoms with Crippen molar-refractivity contribution < 1.29 is 37.8 Å². The van der Waals surface area contributed by atoms with Crippen LogP contribution in [0.4, 0.5) is 13.2 Å². The minimum Gasteiger partial charge on any atom is -0.493 e. The van der Waals surface area contributed by atoms with Crippen molar-refractivity contribution in [3.63, 3.8) is 0 Å².